The molecule has 0 bridgehead atoms. The van der Waals surface area contributed by atoms with Gasteiger partial charge in [-0.05, 0) is 85.5 Å². The van der Waals surface area contributed by atoms with Crippen molar-refractivity contribution in [2.75, 3.05) is 18.6 Å². The maximum absolute atomic E-state index is 13.9. The number of rotatable bonds is 7. The predicted molar refractivity (Wildman–Crippen MR) is 145 cm³/mol. The third-order valence-electron chi connectivity index (χ3n) is 7.03. The molecule has 1 unspecified atom stereocenters. The number of amides is 1. The van der Waals surface area contributed by atoms with Gasteiger partial charge in [-0.3, -0.25) is 14.5 Å². The minimum absolute atomic E-state index is 0.0228. The number of fused-ring (bicyclic) bond motifs is 2. The highest BCUT2D eigenvalue weighted by Gasteiger charge is 2.43. The summed E-state index contributed by atoms with van der Waals surface area (Å²) in [5.41, 5.74) is 4.02. The minimum atomic E-state index is -0.715. The van der Waals surface area contributed by atoms with Crippen molar-refractivity contribution in [1.82, 2.24) is 0 Å². The first-order valence-corrected chi connectivity index (χ1v) is 12.7. The van der Waals surface area contributed by atoms with Crippen LogP contribution in [0.25, 0.3) is 11.0 Å². The summed E-state index contributed by atoms with van der Waals surface area (Å²) < 4.78 is 16.7. The molecule has 3 aromatic carbocycles. The van der Waals surface area contributed by atoms with Gasteiger partial charge in [0.1, 0.15) is 11.3 Å². The Bertz CT molecular complexity index is 1580. The summed E-state index contributed by atoms with van der Waals surface area (Å²) in [5.74, 6) is -0.153. The molecule has 0 saturated carbocycles. The number of methoxy groups -OCH3 is 1. The highest BCUT2D eigenvalue weighted by atomic mass is 16.5. The van der Waals surface area contributed by atoms with E-state index in [4.69, 9.17) is 13.9 Å². The fourth-order valence-electron chi connectivity index (χ4n) is 4.75. The van der Waals surface area contributed by atoms with Crippen LogP contribution in [0, 0.1) is 13.8 Å². The lowest BCUT2D eigenvalue weighted by molar-refractivity contribution is 0.0499. The van der Waals surface area contributed by atoms with E-state index in [1.807, 2.05) is 39.0 Å². The van der Waals surface area contributed by atoms with Crippen molar-refractivity contribution < 1.29 is 23.5 Å². The zero-order chi connectivity index (χ0) is 27.0. The Hall–Kier alpha value is -4.39. The van der Waals surface area contributed by atoms with E-state index in [1.165, 1.54) is 0 Å². The first-order valence-electron chi connectivity index (χ1n) is 12.7. The Morgan fingerprint density at radius 2 is 1.66 bits per heavy atom. The second kappa shape index (κ2) is 10.2. The summed E-state index contributed by atoms with van der Waals surface area (Å²) in [7, 11) is 1.58. The monoisotopic (exact) mass is 511 g/mol. The van der Waals surface area contributed by atoms with Gasteiger partial charge in [-0.15, -0.1) is 0 Å². The van der Waals surface area contributed by atoms with E-state index >= 15 is 0 Å². The summed E-state index contributed by atoms with van der Waals surface area (Å²) >= 11 is 0. The number of carbonyl (C=O) groups excluding carboxylic acids is 2. The molecule has 0 saturated heterocycles. The SMILES string of the molecule is CCCCOC(=O)c1ccc(N2C(=O)c3oc4cc(C)c(C)cc4c(=O)c3C2c2ccc(OC)cc2)cc1. The number of unbranched alkanes of at least 4 members (excludes halogenated alkanes) is 1. The Balaban J connectivity index is 1.63. The van der Waals surface area contributed by atoms with Crippen molar-refractivity contribution in [2.24, 2.45) is 0 Å². The van der Waals surface area contributed by atoms with E-state index in [9.17, 15) is 14.4 Å². The summed E-state index contributed by atoms with van der Waals surface area (Å²) in [4.78, 5) is 41.6. The number of anilines is 1. The van der Waals surface area contributed by atoms with Crippen LogP contribution in [0.3, 0.4) is 0 Å². The lowest BCUT2D eigenvalue weighted by atomic mass is 9.97. The van der Waals surface area contributed by atoms with E-state index in [1.54, 1.807) is 54.5 Å². The molecule has 0 aliphatic carbocycles. The molecular formula is C31H29NO6. The van der Waals surface area contributed by atoms with Crippen LogP contribution in [0.4, 0.5) is 5.69 Å². The standard InChI is InChI=1S/C31H29NO6/c1-5-6-15-37-31(35)21-7-11-22(12-8-21)32-27(20-9-13-23(36-4)14-10-20)26-28(33)24-16-18(2)19(3)17-25(24)38-29(26)30(32)34/h7-14,16-17,27H,5-6,15H2,1-4H3. The fourth-order valence-corrected chi connectivity index (χ4v) is 4.75. The van der Waals surface area contributed by atoms with E-state index in [0.29, 0.717) is 40.1 Å². The number of ether oxygens (including phenoxy) is 2. The van der Waals surface area contributed by atoms with Gasteiger partial charge in [-0.25, -0.2) is 4.79 Å². The van der Waals surface area contributed by atoms with E-state index in [2.05, 4.69) is 0 Å². The molecule has 1 aliphatic rings. The highest BCUT2D eigenvalue weighted by molar-refractivity contribution is 6.10. The van der Waals surface area contributed by atoms with Crippen LogP contribution < -0.4 is 15.1 Å². The topological polar surface area (TPSA) is 86.0 Å². The lowest BCUT2D eigenvalue weighted by Gasteiger charge is -2.25. The summed E-state index contributed by atoms with van der Waals surface area (Å²) in [6.07, 6.45) is 1.72. The van der Waals surface area contributed by atoms with E-state index in [0.717, 1.165) is 29.5 Å². The lowest BCUT2D eigenvalue weighted by Crippen LogP contribution is -2.29. The van der Waals surface area contributed by atoms with E-state index < -0.39 is 17.9 Å². The zero-order valence-electron chi connectivity index (χ0n) is 21.9. The van der Waals surface area contributed by atoms with Gasteiger partial charge in [0.15, 0.2) is 5.43 Å². The molecule has 194 valence electrons. The van der Waals surface area contributed by atoms with Gasteiger partial charge in [0.05, 0.1) is 36.3 Å². The maximum Gasteiger partial charge on any atom is 0.338 e. The molecule has 1 atom stereocenters. The minimum Gasteiger partial charge on any atom is -0.497 e. The molecule has 5 rings (SSSR count). The molecular weight excluding hydrogens is 482 g/mol. The second-order valence-corrected chi connectivity index (χ2v) is 9.49. The third-order valence-corrected chi connectivity index (χ3v) is 7.03. The molecule has 0 fully saturated rings. The average Bonchev–Trinajstić information content (AvgIpc) is 3.22. The summed E-state index contributed by atoms with van der Waals surface area (Å²) in [6.45, 7) is 6.26. The first-order chi connectivity index (χ1) is 18.3. The average molecular weight is 512 g/mol. The van der Waals surface area contributed by atoms with E-state index in [-0.39, 0.29) is 11.2 Å². The summed E-state index contributed by atoms with van der Waals surface area (Å²) in [6, 6.07) is 16.8. The van der Waals surface area contributed by atoms with Crippen LogP contribution in [0.2, 0.25) is 0 Å². The number of hydrogen-bond acceptors (Lipinski definition) is 6. The van der Waals surface area contributed by atoms with Crippen molar-refractivity contribution in [3.63, 3.8) is 0 Å². The van der Waals surface area contributed by atoms with Crippen molar-refractivity contribution in [3.8, 4) is 5.75 Å². The third kappa shape index (κ3) is 4.34. The van der Waals surface area contributed by atoms with Gasteiger partial charge in [-0.2, -0.15) is 0 Å². The molecule has 1 aliphatic heterocycles. The smallest absolute Gasteiger partial charge is 0.338 e. The van der Waals surface area contributed by atoms with Gasteiger partial charge in [-0.1, -0.05) is 25.5 Å². The van der Waals surface area contributed by atoms with Crippen LogP contribution in [-0.2, 0) is 4.74 Å². The van der Waals surface area contributed by atoms with Gasteiger partial charge in [0.2, 0.25) is 5.76 Å². The second-order valence-electron chi connectivity index (χ2n) is 9.49. The molecule has 7 heteroatoms. The quantitative estimate of drug-likeness (QED) is 0.219. The largest absolute Gasteiger partial charge is 0.497 e. The maximum atomic E-state index is 13.9. The molecule has 0 radical (unpaired) electrons. The van der Waals surface area contributed by atoms with Crippen LogP contribution in [0.15, 0.2) is 69.9 Å². The predicted octanol–water partition coefficient (Wildman–Crippen LogP) is 6.13. The number of aryl methyl sites for hydroxylation is 2. The number of hydrogen-bond donors (Lipinski definition) is 0. The molecule has 1 aromatic heterocycles. The number of benzene rings is 3. The Kier molecular flexibility index (Phi) is 6.76. The fraction of sp³-hybridized carbons (Fsp3) is 0.258. The van der Waals surface area contributed by atoms with Crippen molar-refractivity contribution in [2.45, 2.75) is 39.7 Å². The van der Waals surface area contributed by atoms with Gasteiger partial charge >= 0.3 is 5.97 Å². The van der Waals surface area contributed by atoms with Crippen LogP contribution in [-0.4, -0.2) is 25.6 Å². The highest BCUT2D eigenvalue weighted by Crippen LogP contribution is 2.41. The number of carbonyl (C=O) groups is 2. The molecule has 2 heterocycles. The Labute approximate surface area is 220 Å². The molecule has 38 heavy (non-hydrogen) atoms. The first kappa shape index (κ1) is 25.3. The van der Waals surface area contributed by atoms with Crippen LogP contribution in [0.5, 0.6) is 5.75 Å². The summed E-state index contributed by atoms with van der Waals surface area (Å²) in [5, 5.41) is 0.435. The molecule has 0 N–H and O–H groups in total. The van der Waals surface area contributed by atoms with Crippen molar-refractivity contribution >= 4 is 28.5 Å². The van der Waals surface area contributed by atoms with Gasteiger partial charge < -0.3 is 13.9 Å². The molecule has 1 amide bonds. The van der Waals surface area contributed by atoms with Crippen LogP contribution in [0.1, 0.15) is 69.0 Å². The number of esters is 1. The van der Waals surface area contributed by atoms with Crippen molar-refractivity contribution in [1.29, 1.82) is 0 Å². The Morgan fingerprint density at radius 1 is 0.974 bits per heavy atom. The molecule has 7 nitrogen and oxygen atoms in total. The van der Waals surface area contributed by atoms with Crippen LogP contribution >= 0.6 is 0 Å². The number of nitrogens with zero attached hydrogens (tertiary/aromatic N) is 1. The zero-order valence-corrected chi connectivity index (χ0v) is 21.9. The molecule has 0 spiro atoms. The van der Waals surface area contributed by atoms with Gasteiger partial charge in [0.25, 0.3) is 5.91 Å². The normalized spacial score (nSPS) is 14.6. The van der Waals surface area contributed by atoms with Gasteiger partial charge in [0, 0.05) is 5.69 Å². The van der Waals surface area contributed by atoms with Crippen molar-refractivity contribution in [3.05, 3.63) is 104 Å². The Morgan fingerprint density at radius 3 is 2.32 bits per heavy atom. The molecule has 4 aromatic rings.